The van der Waals surface area contributed by atoms with E-state index in [1.165, 1.54) is 52.8 Å². The number of hydrogen-bond donors (Lipinski definition) is 5. The second kappa shape index (κ2) is 29.0. The number of cyclic esters (lactones) is 2. The highest BCUT2D eigenvalue weighted by atomic mass is 35.5. The molecule has 19 heteroatoms. The Morgan fingerprint density at radius 1 is 0.971 bits per heavy atom. The maximum atomic E-state index is 14.3. The molecule has 5 N–H and O–H groups in total. The Morgan fingerprint density at radius 3 is 2.20 bits per heavy atom. The fraction of sp³-hybridized carbons (Fsp3) is 0.647. The van der Waals surface area contributed by atoms with Gasteiger partial charge in [0.05, 0.1) is 6.54 Å². The van der Waals surface area contributed by atoms with Gasteiger partial charge in [-0.25, -0.2) is 14.4 Å². The van der Waals surface area contributed by atoms with Crippen LogP contribution in [0.1, 0.15) is 120 Å². The van der Waals surface area contributed by atoms with Crippen LogP contribution in [0.15, 0.2) is 47.6 Å². The Kier molecular flexibility index (Phi) is 25.1. The van der Waals surface area contributed by atoms with E-state index < -0.39 is 108 Å². The Morgan fingerprint density at radius 2 is 1.61 bits per heavy atom. The molecule has 0 fully saturated rings. The molecule has 1 unspecified atom stereocenters. The second-order valence-corrected chi connectivity index (χ2v) is 19.7. The smallest absolute Gasteiger partial charge is 0.407 e. The third kappa shape index (κ3) is 19.0. The molecule has 0 bridgehead atoms. The van der Waals surface area contributed by atoms with E-state index in [0.717, 1.165) is 4.90 Å². The highest BCUT2D eigenvalue weighted by molar-refractivity contribution is 6.30. The number of hydrogen-bond acceptors (Lipinski definition) is 12. The molecule has 0 saturated heterocycles. The van der Waals surface area contributed by atoms with E-state index in [4.69, 9.17) is 30.9 Å². The molecule has 1 aromatic rings. The lowest BCUT2D eigenvalue weighted by atomic mass is 9.90. The van der Waals surface area contributed by atoms with Crippen molar-refractivity contribution in [2.75, 3.05) is 33.8 Å². The van der Waals surface area contributed by atoms with Crippen molar-refractivity contribution in [3.8, 4) is 0 Å². The number of ether oxygens (including phenoxy) is 3. The number of nitrogens with zero attached hydrogens (tertiary/aromatic N) is 2. The van der Waals surface area contributed by atoms with Gasteiger partial charge in [0.2, 0.25) is 23.6 Å². The molecule has 392 valence electrons. The van der Waals surface area contributed by atoms with Gasteiger partial charge in [0.25, 0.3) is 5.91 Å². The molecule has 0 aromatic heterocycles. The van der Waals surface area contributed by atoms with E-state index in [2.05, 4.69) is 21.3 Å². The summed E-state index contributed by atoms with van der Waals surface area (Å²) in [6.07, 6.45) is 1.40. The predicted octanol–water partition coefficient (Wildman–Crippen LogP) is 5.18. The van der Waals surface area contributed by atoms with Crippen LogP contribution in [0.3, 0.4) is 0 Å². The van der Waals surface area contributed by atoms with Gasteiger partial charge in [0, 0.05) is 56.6 Å². The number of nitrogens with one attached hydrogen (secondary N) is 4. The average Bonchev–Trinajstić information content (AvgIpc) is 3.30. The van der Waals surface area contributed by atoms with Crippen molar-refractivity contribution in [2.24, 2.45) is 17.8 Å². The molecule has 0 spiro atoms. The van der Waals surface area contributed by atoms with Crippen LogP contribution < -0.4 is 21.3 Å². The Balaban J connectivity index is 2.76. The number of allylic oxidation sites excluding steroid dienone is 1. The summed E-state index contributed by atoms with van der Waals surface area (Å²) in [6.45, 7) is 18.1. The third-order valence-electron chi connectivity index (χ3n) is 12.5. The summed E-state index contributed by atoms with van der Waals surface area (Å²) in [4.78, 5) is 114. The van der Waals surface area contributed by atoms with Crippen molar-refractivity contribution < 1.29 is 57.7 Å². The number of alkyl carbamates (subject to hydrolysis) is 1. The summed E-state index contributed by atoms with van der Waals surface area (Å²) in [5.74, 6) is -6.40. The van der Waals surface area contributed by atoms with Crippen LogP contribution in [0.2, 0.25) is 5.02 Å². The summed E-state index contributed by atoms with van der Waals surface area (Å²) in [5, 5.41) is 20.5. The molecule has 1 heterocycles. The third-order valence-corrected chi connectivity index (χ3v) is 12.7. The second-order valence-electron chi connectivity index (χ2n) is 19.3. The van der Waals surface area contributed by atoms with E-state index in [1.807, 2.05) is 20.8 Å². The first-order valence-corrected chi connectivity index (χ1v) is 24.6. The average molecular weight is 1000 g/mol. The van der Waals surface area contributed by atoms with Crippen LogP contribution in [0.5, 0.6) is 0 Å². The molecule has 18 nitrogen and oxygen atoms in total. The number of unbranched alkanes of at least 4 members (excludes halogenated alkanes) is 2. The molecule has 1 aliphatic heterocycles. The van der Waals surface area contributed by atoms with Gasteiger partial charge in [-0.3, -0.25) is 24.0 Å². The molecule has 2 rings (SSSR count). The number of esters is 2. The Labute approximate surface area is 419 Å². The van der Waals surface area contributed by atoms with E-state index in [-0.39, 0.29) is 43.9 Å². The molecular weight excluding hydrogens is 924 g/mol. The molecule has 0 saturated carbocycles. The first-order chi connectivity index (χ1) is 32.8. The number of likely N-dealkylation sites (N-methyl/N-ethyl adjacent to an activating group) is 2. The highest BCUT2D eigenvalue weighted by Crippen LogP contribution is 2.27. The first kappa shape index (κ1) is 60.6. The fourth-order valence-electron chi connectivity index (χ4n) is 7.59. The van der Waals surface area contributed by atoms with Crippen molar-refractivity contribution >= 4 is 59.2 Å². The minimum Gasteiger partial charge on any atom is -0.456 e. The number of aliphatic hydroxyl groups excluding tert-OH is 1. The van der Waals surface area contributed by atoms with Crippen LogP contribution in [-0.2, 0) is 54.2 Å². The van der Waals surface area contributed by atoms with Gasteiger partial charge in [0.1, 0.15) is 35.9 Å². The first-order valence-electron chi connectivity index (χ1n) is 24.2. The lowest BCUT2D eigenvalue weighted by Gasteiger charge is -2.35. The minimum absolute atomic E-state index is 0.00233. The lowest BCUT2D eigenvalue weighted by molar-refractivity contribution is -0.160. The Bertz CT molecular complexity index is 2020. The van der Waals surface area contributed by atoms with Crippen molar-refractivity contribution in [1.29, 1.82) is 0 Å². The number of aliphatic hydroxyl groups is 1. The van der Waals surface area contributed by atoms with Crippen LogP contribution in [-0.4, -0.2) is 138 Å². The summed E-state index contributed by atoms with van der Waals surface area (Å²) in [6, 6.07) is 3.13. The van der Waals surface area contributed by atoms with Crippen LogP contribution in [0.25, 0.3) is 0 Å². The molecular formula is C51H79ClN6O12. The lowest BCUT2D eigenvalue weighted by Crippen LogP contribution is -2.60. The summed E-state index contributed by atoms with van der Waals surface area (Å²) in [5.41, 5.74) is -0.351. The largest absolute Gasteiger partial charge is 0.456 e. The molecule has 0 aliphatic carbocycles. The monoisotopic (exact) mass is 1000 g/mol. The topological polar surface area (TPSA) is 239 Å². The van der Waals surface area contributed by atoms with Crippen LogP contribution in [0, 0.1) is 17.8 Å². The zero-order valence-electron chi connectivity index (χ0n) is 43.4. The SMILES string of the molecule is C/C=C(\C)[C@H]1OC(=O)C(C)(C)NC(=O)[C@H](C(C)CC)NC(=O)CN(C)C(=O)[C@@H](Cc2ccc(Cl)cc2)N(C)C(=O)[C@H](C)NC(=O)[C@@H](CC(C)C)OC(=O)/C(C)=C/C[C@H](OC(=O)NCCCCCO)[C@@H]1C. The number of amides is 6. The van der Waals surface area contributed by atoms with Gasteiger partial charge in [0.15, 0.2) is 6.10 Å². The molecule has 1 aliphatic rings. The van der Waals surface area contributed by atoms with Crippen LogP contribution in [0.4, 0.5) is 4.79 Å². The van der Waals surface area contributed by atoms with Crippen molar-refractivity contribution in [1.82, 2.24) is 31.1 Å². The molecule has 8 atom stereocenters. The standard InChI is InChI=1S/C51H79ClN6O12/c1-14-31(5)42-45(62)56-51(10,11)49(66)70-43(32(6)15-2)34(8)39(69-50(67)53-25-17-16-18-26-59)24-19-33(7)48(65)68-40(27-30(3)4)44(61)54-35(9)46(63)58(13)38(28-36-20-22-37(52)23-21-36)47(64)57(12)29-41(60)55-42/h15,19-23,30-31,34-35,38-40,42-43,59H,14,16-18,24-29H2,1-13H3,(H,53,67)(H,54,61)(H,55,60)(H,56,62)/b32-15+,33-19+/t31?,34-,35-,38+,39-,40+,42-,43+/m0/s1. The summed E-state index contributed by atoms with van der Waals surface area (Å²) in [7, 11) is 2.80. The van der Waals surface area contributed by atoms with Gasteiger partial charge in [-0.1, -0.05) is 76.9 Å². The number of carbonyl (C=O) groups is 8. The molecule has 70 heavy (non-hydrogen) atoms. The van der Waals surface area contributed by atoms with Gasteiger partial charge >= 0.3 is 18.0 Å². The minimum atomic E-state index is -1.66. The fourth-order valence-corrected chi connectivity index (χ4v) is 7.72. The van der Waals surface area contributed by atoms with E-state index in [9.17, 15) is 38.4 Å². The van der Waals surface area contributed by atoms with Crippen molar-refractivity contribution in [2.45, 2.75) is 163 Å². The van der Waals surface area contributed by atoms with Gasteiger partial charge < -0.3 is 50.4 Å². The van der Waals surface area contributed by atoms with Gasteiger partial charge in [-0.05, 0) is 102 Å². The van der Waals surface area contributed by atoms with Crippen molar-refractivity contribution in [3.05, 3.63) is 58.1 Å². The normalized spacial score (nSPS) is 25.7. The summed E-state index contributed by atoms with van der Waals surface area (Å²) >= 11 is 6.15. The number of carbonyl (C=O) groups excluding carboxylic acids is 8. The number of benzene rings is 1. The van der Waals surface area contributed by atoms with E-state index in [0.29, 0.717) is 41.8 Å². The molecule has 1 aromatic carbocycles. The predicted molar refractivity (Wildman–Crippen MR) is 266 cm³/mol. The quantitative estimate of drug-likeness (QED) is 0.0744. The number of halogens is 1. The summed E-state index contributed by atoms with van der Waals surface area (Å²) < 4.78 is 17.9. The van der Waals surface area contributed by atoms with E-state index >= 15 is 0 Å². The Hall–Kier alpha value is -5.49. The highest BCUT2D eigenvalue weighted by Gasteiger charge is 2.41. The van der Waals surface area contributed by atoms with Gasteiger partial charge in [-0.2, -0.15) is 0 Å². The van der Waals surface area contributed by atoms with Crippen LogP contribution >= 0.6 is 11.6 Å². The van der Waals surface area contributed by atoms with Crippen molar-refractivity contribution in [3.63, 3.8) is 0 Å². The van der Waals surface area contributed by atoms with Gasteiger partial charge in [-0.15, -0.1) is 0 Å². The molecule has 0 radical (unpaired) electrons. The van der Waals surface area contributed by atoms with E-state index in [1.54, 1.807) is 58.0 Å². The molecule has 6 amide bonds. The maximum absolute atomic E-state index is 14.3. The zero-order chi connectivity index (χ0) is 53.0. The number of rotatable bonds is 13. The maximum Gasteiger partial charge on any atom is 0.407 e. The zero-order valence-corrected chi connectivity index (χ0v) is 44.2.